The summed E-state index contributed by atoms with van der Waals surface area (Å²) in [7, 11) is 0. The molecule has 1 atom stereocenters. The SMILES string of the molecule is Cc1c(C)c(C)c(C(=O)NCC(C)CO)c(C)c1C. The lowest BCUT2D eigenvalue weighted by atomic mass is 9.89. The molecule has 1 unspecified atom stereocenters. The lowest BCUT2D eigenvalue weighted by molar-refractivity contribution is 0.0941. The summed E-state index contributed by atoms with van der Waals surface area (Å²) < 4.78 is 0. The molecule has 1 rings (SSSR count). The molecule has 1 aromatic carbocycles. The van der Waals surface area contributed by atoms with Gasteiger partial charge in [0, 0.05) is 18.7 Å². The van der Waals surface area contributed by atoms with Crippen LogP contribution in [0.15, 0.2) is 0 Å². The third-order valence-corrected chi connectivity index (χ3v) is 4.15. The summed E-state index contributed by atoms with van der Waals surface area (Å²) in [5.74, 6) is 0.0405. The van der Waals surface area contributed by atoms with Gasteiger partial charge < -0.3 is 10.4 Å². The standard InChI is InChI=1S/C16H25NO2/c1-9(8-18)7-17-16(19)15-13(5)11(3)10(2)12(4)14(15)6/h9,18H,7-8H2,1-6H3,(H,17,19). The second-order valence-corrected chi connectivity index (χ2v) is 5.50. The topological polar surface area (TPSA) is 49.3 Å². The maximum atomic E-state index is 12.3. The second-order valence-electron chi connectivity index (χ2n) is 5.50. The number of amides is 1. The van der Waals surface area contributed by atoms with Crippen molar-refractivity contribution in [1.29, 1.82) is 0 Å². The number of hydrogen-bond donors (Lipinski definition) is 2. The normalized spacial score (nSPS) is 12.4. The van der Waals surface area contributed by atoms with Crippen molar-refractivity contribution in [2.45, 2.75) is 41.5 Å². The van der Waals surface area contributed by atoms with Crippen LogP contribution in [0.4, 0.5) is 0 Å². The Labute approximate surface area is 116 Å². The molecule has 0 aliphatic carbocycles. The molecule has 2 N–H and O–H groups in total. The van der Waals surface area contributed by atoms with Gasteiger partial charge in [-0.1, -0.05) is 6.92 Å². The third kappa shape index (κ3) is 3.16. The Hall–Kier alpha value is -1.35. The Morgan fingerprint density at radius 1 is 1.00 bits per heavy atom. The van der Waals surface area contributed by atoms with Gasteiger partial charge in [0.05, 0.1) is 0 Å². The van der Waals surface area contributed by atoms with Crippen LogP contribution in [0.5, 0.6) is 0 Å². The van der Waals surface area contributed by atoms with Gasteiger partial charge in [0.1, 0.15) is 0 Å². The molecule has 0 bridgehead atoms. The van der Waals surface area contributed by atoms with E-state index in [0.29, 0.717) is 6.54 Å². The van der Waals surface area contributed by atoms with E-state index in [-0.39, 0.29) is 18.4 Å². The van der Waals surface area contributed by atoms with Crippen LogP contribution >= 0.6 is 0 Å². The molecule has 3 heteroatoms. The van der Waals surface area contributed by atoms with Gasteiger partial charge in [-0.05, 0) is 68.4 Å². The van der Waals surface area contributed by atoms with Crippen LogP contribution in [0.25, 0.3) is 0 Å². The lowest BCUT2D eigenvalue weighted by Gasteiger charge is -2.19. The molecule has 0 saturated carbocycles. The van der Waals surface area contributed by atoms with Crippen LogP contribution in [0.3, 0.4) is 0 Å². The Morgan fingerprint density at radius 2 is 1.42 bits per heavy atom. The molecule has 0 spiro atoms. The van der Waals surface area contributed by atoms with Crippen molar-refractivity contribution >= 4 is 5.91 Å². The van der Waals surface area contributed by atoms with E-state index in [4.69, 9.17) is 5.11 Å². The molecule has 19 heavy (non-hydrogen) atoms. The highest BCUT2D eigenvalue weighted by Crippen LogP contribution is 2.25. The van der Waals surface area contributed by atoms with Gasteiger partial charge in [-0.15, -0.1) is 0 Å². The molecule has 0 aromatic heterocycles. The fourth-order valence-corrected chi connectivity index (χ4v) is 2.26. The number of carbonyl (C=O) groups excluding carboxylic acids is 1. The zero-order valence-electron chi connectivity index (χ0n) is 12.8. The van der Waals surface area contributed by atoms with E-state index in [9.17, 15) is 4.79 Å². The van der Waals surface area contributed by atoms with Crippen LogP contribution < -0.4 is 5.32 Å². The smallest absolute Gasteiger partial charge is 0.251 e. The predicted octanol–water partition coefficient (Wildman–Crippen LogP) is 2.59. The van der Waals surface area contributed by atoms with Crippen molar-refractivity contribution in [3.63, 3.8) is 0 Å². The molecule has 3 nitrogen and oxygen atoms in total. The lowest BCUT2D eigenvalue weighted by Crippen LogP contribution is -2.31. The number of aliphatic hydroxyl groups is 1. The maximum Gasteiger partial charge on any atom is 0.251 e. The number of rotatable bonds is 4. The summed E-state index contributed by atoms with van der Waals surface area (Å²) in [6.45, 7) is 12.7. The first-order valence-corrected chi connectivity index (χ1v) is 6.77. The summed E-state index contributed by atoms with van der Waals surface area (Å²) in [5, 5.41) is 11.9. The zero-order valence-corrected chi connectivity index (χ0v) is 12.8. The second kappa shape index (κ2) is 6.20. The Bertz CT molecular complexity index is 463. The fourth-order valence-electron chi connectivity index (χ4n) is 2.26. The number of hydrogen-bond acceptors (Lipinski definition) is 2. The summed E-state index contributed by atoms with van der Waals surface area (Å²) in [6, 6.07) is 0. The van der Waals surface area contributed by atoms with Gasteiger partial charge in [0.2, 0.25) is 0 Å². The maximum absolute atomic E-state index is 12.3. The number of nitrogens with one attached hydrogen (secondary N) is 1. The van der Waals surface area contributed by atoms with E-state index in [2.05, 4.69) is 26.1 Å². The van der Waals surface area contributed by atoms with Gasteiger partial charge in [-0.2, -0.15) is 0 Å². The van der Waals surface area contributed by atoms with Gasteiger partial charge in [-0.25, -0.2) is 0 Å². The quantitative estimate of drug-likeness (QED) is 0.877. The van der Waals surface area contributed by atoms with Crippen molar-refractivity contribution in [2.24, 2.45) is 5.92 Å². The van der Waals surface area contributed by atoms with Gasteiger partial charge in [0.15, 0.2) is 0 Å². The summed E-state index contributed by atoms with van der Waals surface area (Å²) in [4.78, 5) is 12.3. The Balaban J connectivity index is 3.10. The van der Waals surface area contributed by atoms with Gasteiger partial charge in [-0.3, -0.25) is 4.79 Å². The van der Waals surface area contributed by atoms with E-state index in [1.165, 1.54) is 16.7 Å². The van der Waals surface area contributed by atoms with Crippen molar-refractivity contribution in [1.82, 2.24) is 5.32 Å². The van der Waals surface area contributed by atoms with Crippen molar-refractivity contribution < 1.29 is 9.90 Å². The van der Waals surface area contributed by atoms with E-state index < -0.39 is 0 Å². The molecule has 0 fully saturated rings. The molecule has 0 saturated heterocycles. The largest absolute Gasteiger partial charge is 0.396 e. The first-order valence-electron chi connectivity index (χ1n) is 6.77. The van der Waals surface area contributed by atoms with E-state index >= 15 is 0 Å². The number of benzene rings is 1. The number of aliphatic hydroxyl groups excluding tert-OH is 1. The zero-order chi connectivity index (χ0) is 14.7. The minimum atomic E-state index is -0.0403. The van der Waals surface area contributed by atoms with Crippen molar-refractivity contribution in [3.05, 3.63) is 33.4 Å². The van der Waals surface area contributed by atoms with Crippen LogP contribution in [0.1, 0.15) is 45.1 Å². The molecule has 0 aliphatic rings. The highest BCUT2D eigenvalue weighted by atomic mass is 16.3. The first-order chi connectivity index (χ1) is 8.81. The highest BCUT2D eigenvalue weighted by molar-refractivity contribution is 5.98. The van der Waals surface area contributed by atoms with E-state index in [1.807, 2.05) is 20.8 Å². The molecule has 0 radical (unpaired) electrons. The third-order valence-electron chi connectivity index (χ3n) is 4.15. The fraction of sp³-hybridized carbons (Fsp3) is 0.562. The summed E-state index contributed by atoms with van der Waals surface area (Å²) in [6.07, 6.45) is 0. The van der Waals surface area contributed by atoms with Crippen LogP contribution in [0.2, 0.25) is 0 Å². The van der Waals surface area contributed by atoms with Gasteiger partial charge >= 0.3 is 0 Å². The van der Waals surface area contributed by atoms with Crippen LogP contribution in [-0.4, -0.2) is 24.2 Å². The highest BCUT2D eigenvalue weighted by Gasteiger charge is 2.18. The number of carbonyl (C=O) groups is 1. The van der Waals surface area contributed by atoms with Crippen molar-refractivity contribution in [2.75, 3.05) is 13.2 Å². The Morgan fingerprint density at radius 3 is 1.84 bits per heavy atom. The van der Waals surface area contributed by atoms with Gasteiger partial charge in [0.25, 0.3) is 5.91 Å². The Kier molecular flexibility index (Phi) is 5.12. The molecule has 1 amide bonds. The predicted molar refractivity (Wildman–Crippen MR) is 78.7 cm³/mol. The molecule has 106 valence electrons. The van der Waals surface area contributed by atoms with Crippen LogP contribution in [-0.2, 0) is 0 Å². The van der Waals surface area contributed by atoms with E-state index in [1.54, 1.807) is 0 Å². The summed E-state index contributed by atoms with van der Waals surface area (Å²) in [5.41, 5.74) is 6.51. The monoisotopic (exact) mass is 263 g/mol. The molecular weight excluding hydrogens is 238 g/mol. The molecule has 0 heterocycles. The molecule has 1 aromatic rings. The average Bonchev–Trinajstić information content (AvgIpc) is 2.40. The minimum Gasteiger partial charge on any atom is -0.396 e. The molecule has 0 aliphatic heterocycles. The first kappa shape index (κ1) is 15.7. The van der Waals surface area contributed by atoms with Crippen LogP contribution in [0, 0.1) is 40.5 Å². The van der Waals surface area contributed by atoms with E-state index in [0.717, 1.165) is 16.7 Å². The summed E-state index contributed by atoms with van der Waals surface area (Å²) >= 11 is 0. The molecular formula is C16H25NO2. The average molecular weight is 263 g/mol. The van der Waals surface area contributed by atoms with Crippen molar-refractivity contribution in [3.8, 4) is 0 Å². The minimum absolute atomic E-state index is 0.0403.